The van der Waals surface area contributed by atoms with Crippen LogP contribution in [0.5, 0.6) is 0 Å². The Balaban J connectivity index is 2.35. The predicted molar refractivity (Wildman–Crippen MR) is 47.4 cm³/mol. The summed E-state index contributed by atoms with van der Waals surface area (Å²) in [4.78, 5) is 23.6. The fourth-order valence-corrected chi connectivity index (χ4v) is 1.26. The van der Waals surface area contributed by atoms with Crippen molar-refractivity contribution in [2.24, 2.45) is 5.73 Å². The topological polar surface area (TPSA) is 81.9 Å². The van der Waals surface area contributed by atoms with Crippen molar-refractivity contribution < 1.29 is 19.1 Å². The number of nitrogens with zero attached hydrogens (tertiary/aromatic N) is 1. The first-order chi connectivity index (χ1) is 6.63. The van der Waals surface area contributed by atoms with Crippen molar-refractivity contribution in [2.45, 2.75) is 6.04 Å². The van der Waals surface area contributed by atoms with E-state index in [-0.39, 0.29) is 12.5 Å². The lowest BCUT2D eigenvalue weighted by atomic mass is 10.2. The van der Waals surface area contributed by atoms with Crippen LogP contribution in [0.3, 0.4) is 0 Å². The summed E-state index contributed by atoms with van der Waals surface area (Å²) in [5.41, 5.74) is 5.54. The maximum atomic E-state index is 11.0. The second-order valence-electron chi connectivity index (χ2n) is 3.09. The van der Waals surface area contributed by atoms with Crippen LogP contribution in [0.1, 0.15) is 0 Å². The molecule has 0 bridgehead atoms. The fourth-order valence-electron chi connectivity index (χ4n) is 1.26. The number of cyclic esters (lactones) is 1. The zero-order valence-corrected chi connectivity index (χ0v) is 8.06. The molecule has 80 valence electrons. The molecule has 0 aromatic carbocycles. The second kappa shape index (κ2) is 4.92. The van der Waals surface area contributed by atoms with E-state index in [0.717, 1.165) is 0 Å². The first-order valence-corrected chi connectivity index (χ1v) is 4.35. The number of carbonyl (C=O) groups is 2. The molecular formula is C8H14N2O4. The summed E-state index contributed by atoms with van der Waals surface area (Å²) in [6, 6.07) is -0.703. The maximum absolute atomic E-state index is 11.0. The average Bonchev–Trinajstić information content (AvgIpc) is 2.16. The minimum Gasteiger partial charge on any atom is -0.468 e. The SMILES string of the molecule is COC(=O)C(N)CN1CCOC(=O)C1. The molecule has 0 aromatic heterocycles. The fraction of sp³-hybridized carbons (Fsp3) is 0.750. The number of hydrogen-bond acceptors (Lipinski definition) is 6. The van der Waals surface area contributed by atoms with Gasteiger partial charge in [0.25, 0.3) is 0 Å². The van der Waals surface area contributed by atoms with Gasteiger partial charge < -0.3 is 15.2 Å². The van der Waals surface area contributed by atoms with Crippen LogP contribution in [-0.4, -0.2) is 56.2 Å². The van der Waals surface area contributed by atoms with Gasteiger partial charge in [0.2, 0.25) is 0 Å². The van der Waals surface area contributed by atoms with Gasteiger partial charge in [-0.05, 0) is 0 Å². The molecule has 1 fully saturated rings. The molecule has 0 aromatic rings. The highest BCUT2D eigenvalue weighted by molar-refractivity contribution is 5.76. The molecule has 0 saturated carbocycles. The highest BCUT2D eigenvalue weighted by atomic mass is 16.5. The molecule has 1 aliphatic heterocycles. The zero-order chi connectivity index (χ0) is 10.6. The molecule has 0 amide bonds. The monoisotopic (exact) mass is 202 g/mol. The Morgan fingerprint density at radius 2 is 2.50 bits per heavy atom. The smallest absolute Gasteiger partial charge is 0.323 e. The van der Waals surface area contributed by atoms with Gasteiger partial charge in [0.15, 0.2) is 0 Å². The largest absolute Gasteiger partial charge is 0.468 e. The highest BCUT2D eigenvalue weighted by Gasteiger charge is 2.23. The molecule has 1 unspecified atom stereocenters. The molecule has 6 heteroatoms. The van der Waals surface area contributed by atoms with E-state index in [1.807, 2.05) is 0 Å². The molecule has 0 aliphatic carbocycles. The molecule has 1 aliphatic rings. The first kappa shape index (κ1) is 10.9. The summed E-state index contributed by atoms with van der Waals surface area (Å²) in [5.74, 6) is -0.753. The van der Waals surface area contributed by atoms with Gasteiger partial charge in [-0.25, -0.2) is 0 Å². The molecule has 14 heavy (non-hydrogen) atoms. The molecule has 1 atom stereocenters. The minimum atomic E-state index is -0.703. The summed E-state index contributed by atoms with van der Waals surface area (Å²) < 4.78 is 9.21. The summed E-state index contributed by atoms with van der Waals surface area (Å²) in [6.45, 7) is 1.47. The van der Waals surface area contributed by atoms with Crippen LogP contribution >= 0.6 is 0 Å². The van der Waals surface area contributed by atoms with Crippen LogP contribution in [0, 0.1) is 0 Å². The van der Waals surface area contributed by atoms with E-state index >= 15 is 0 Å². The number of ether oxygens (including phenoxy) is 2. The Morgan fingerprint density at radius 1 is 1.79 bits per heavy atom. The van der Waals surface area contributed by atoms with Crippen LogP contribution in [0.2, 0.25) is 0 Å². The maximum Gasteiger partial charge on any atom is 0.323 e. The molecule has 1 heterocycles. The van der Waals surface area contributed by atoms with E-state index in [1.165, 1.54) is 7.11 Å². The van der Waals surface area contributed by atoms with Crippen molar-refractivity contribution in [3.8, 4) is 0 Å². The van der Waals surface area contributed by atoms with Crippen molar-refractivity contribution >= 4 is 11.9 Å². The van der Waals surface area contributed by atoms with Crippen molar-refractivity contribution in [3.63, 3.8) is 0 Å². The molecule has 6 nitrogen and oxygen atoms in total. The minimum absolute atomic E-state index is 0.185. The molecule has 2 N–H and O–H groups in total. The summed E-state index contributed by atoms with van der Waals surface area (Å²) in [6.07, 6.45) is 0. The standard InChI is InChI=1S/C8H14N2O4/c1-13-8(12)6(9)4-10-2-3-14-7(11)5-10/h6H,2-5,9H2,1H3. The average molecular weight is 202 g/mol. The van der Waals surface area contributed by atoms with Gasteiger partial charge in [0, 0.05) is 13.1 Å². The number of methoxy groups -OCH3 is 1. The normalized spacial score (nSPS) is 20.0. The summed E-state index contributed by atoms with van der Waals surface area (Å²) in [5, 5.41) is 0. The number of nitrogens with two attached hydrogens (primary N) is 1. The Kier molecular flexibility index (Phi) is 3.84. The van der Waals surface area contributed by atoms with E-state index in [9.17, 15) is 9.59 Å². The number of rotatable bonds is 3. The van der Waals surface area contributed by atoms with Crippen molar-refractivity contribution in [1.82, 2.24) is 4.90 Å². The van der Waals surface area contributed by atoms with Crippen LogP contribution in [0.15, 0.2) is 0 Å². The molecule has 1 saturated heterocycles. The van der Waals surface area contributed by atoms with Crippen LogP contribution in [0.4, 0.5) is 0 Å². The lowest BCUT2D eigenvalue weighted by molar-refractivity contribution is -0.152. The highest BCUT2D eigenvalue weighted by Crippen LogP contribution is 1.99. The van der Waals surface area contributed by atoms with Crippen LogP contribution in [0.25, 0.3) is 0 Å². The van der Waals surface area contributed by atoms with E-state index in [1.54, 1.807) is 4.90 Å². The molecule has 0 radical (unpaired) electrons. The molecule has 1 rings (SSSR count). The van der Waals surface area contributed by atoms with Gasteiger partial charge in [0.1, 0.15) is 12.6 Å². The van der Waals surface area contributed by atoms with E-state index in [4.69, 9.17) is 10.5 Å². The van der Waals surface area contributed by atoms with Gasteiger partial charge >= 0.3 is 11.9 Å². The van der Waals surface area contributed by atoms with E-state index < -0.39 is 12.0 Å². The lowest BCUT2D eigenvalue weighted by Crippen LogP contribution is -2.48. The summed E-state index contributed by atoms with van der Waals surface area (Å²) >= 11 is 0. The number of hydrogen-bond donors (Lipinski definition) is 1. The summed E-state index contributed by atoms with van der Waals surface area (Å²) in [7, 11) is 1.28. The van der Waals surface area contributed by atoms with E-state index in [0.29, 0.717) is 19.7 Å². The third kappa shape index (κ3) is 2.97. The van der Waals surface area contributed by atoms with Gasteiger partial charge in [-0.15, -0.1) is 0 Å². The predicted octanol–water partition coefficient (Wildman–Crippen LogP) is -1.65. The zero-order valence-electron chi connectivity index (χ0n) is 8.06. The lowest BCUT2D eigenvalue weighted by Gasteiger charge is -2.27. The van der Waals surface area contributed by atoms with Gasteiger partial charge in [-0.2, -0.15) is 0 Å². The van der Waals surface area contributed by atoms with Gasteiger partial charge in [-0.1, -0.05) is 0 Å². The second-order valence-corrected chi connectivity index (χ2v) is 3.09. The van der Waals surface area contributed by atoms with Crippen molar-refractivity contribution in [2.75, 3.05) is 33.4 Å². The van der Waals surface area contributed by atoms with Crippen molar-refractivity contribution in [3.05, 3.63) is 0 Å². The van der Waals surface area contributed by atoms with Gasteiger partial charge in [0.05, 0.1) is 13.7 Å². The number of esters is 2. The number of carbonyl (C=O) groups excluding carboxylic acids is 2. The third-order valence-electron chi connectivity index (χ3n) is 1.98. The van der Waals surface area contributed by atoms with Crippen LogP contribution < -0.4 is 5.73 Å². The Labute approximate surface area is 81.9 Å². The quantitative estimate of drug-likeness (QED) is 0.552. The molecule has 0 spiro atoms. The third-order valence-corrected chi connectivity index (χ3v) is 1.98. The Hall–Kier alpha value is -1.14. The van der Waals surface area contributed by atoms with Crippen LogP contribution in [-0.2, 0) is 19.1 Å². The number of morpholine rings is 1. The van der Waals surface area contributed by atoms with Crippen molar-refractivity contribution in [1.29, 1.82) is 0 Å². The first-order valence-electron chi connectivity index (χ1n) is 4.35. The molecular weight excluding hydrogens is 188 g/mol. The van der Waals surface area contributed by atoms with Gasteiger partial charge in [-0.3, -0.25) is 14.5 Å². The Morgan fingerprint density at radius 3 is 3.07 bits per heavy atom. The Bertz CT molecular complexity index is 231. The van der Waals surface area contributed by atoms with E-state index in [2.05, 4.69) is 4.74 Å².